The van der Waals surface area contributed by atoms with Crippen LogP contribution in [0.2, 0.25) is 0 Å². The summed E-state index contributed by atoms with van der Waals surface area (Å²) in [4.78, 5) is 63.1. The number of carbonyl (C=O) groups is 3. The number of ether oxygens (including phenoxy) is 1. The van der Waals surface area contributed by atoms with Crippen LogP contribution in [0.25, 0.3) is 33.8 Å². The summed E-state index contributed by atoms with van der Waals surface area (Å²) in [6, 6.07) is 1.68. The Morgan fingerprint density at radius 2 is 1.64 bits per heavy atom. The van der Waals surface area contributed by atoms with E-state index in [0.29, 0.717) is 103 Å². The van der Waals surface area contributed by atoms with E-state index in [-0.39, 0.29) is 48.1 Å². The fourth-order valence-electron chi connectivity index (χ4n) is 9.45. The van der Waals surface area contributed by atoms with E-state index in [0.717, 1.165) is 45.3 Å². The molecule has 3 amide bonds. The molecular formula is C45H54F2N14O5. The van der Waals surface area contributed by atoms with Crippen molar-refractivity contribution >= 4 is 45.9 Å². The molecule has 4 aromatic heterocycles. The molecule has 8 heterocycles. The van der Waals surface area contributed by atoms with E-state index in [2.05, 4.69) is 35.6 Å². The number of aromatic nitrogens is 7. The van der Waals surface area contributed by atoms with Gasteiger partial charge in [0.25, 0.3) is 0 Å². The molecule has 21 heteroatoms. The first-order valence-corrected chi connectivity index (χ1v) is 22.8. The number of hydrogen-bond acceptors (Lipinski definition) is 16. The van der Waals surface area contributed by atoms with Crippen LogP contribution in [0, 0.1) is 17.6 Å². The van der Waals surface area contributed by atoms with E-state index in [9.17, 15) is 14.4 Å². The fraction of sp³-hybridized carbons (Fsp3) is 0.533. The molecular weight excluding hydrogens is 855 g/mol. The van der Waals surface area contributed by atoms with Crippen molar-refractivity contribution in [3.8, 4) is 28.5 Å². The highest BCUT2D eigenvalue weighted by molar-refractivity contribution is 6.02. The molecule has 4 N–H and O–H groups in total. The highest BCUT2D eigenvalue weighted by Gasteiger charge is 2.38. The molecule has 5 aliphatic rings. The third-order valence-electron chi connectivity index (χ3n) is 13.2. The van der Waals surface area contributed by atoms with Crippen molar-refractivity contribution in [3.63, 3.8) is 0 Å². The summed E-state index contributed by atoms with van der Waals surface area (Å²) >= 11 is 0. The Bertz CT molecular complexity index is 2620. The van der Waals surface area contributed by atoms with Gasteiger partial charge in [-0.2, -0.15) is 5.10 Å². The van der Waals surface area contributed by atoms with Gasteiger partial charge in [0.1, 0.15) is 41.4 Å². The number of nitrogen functional groups attached to an aromatic ring is 1. The van der Waals surface area contributed by atoms with Gasteiger partial charge >= 0.3 is 0 Å². The number of nitrogens with zero attached hydrogens (tertiary/aromatic N) is 11. The molecule has 4 aliphatic heterocycles. The summed E-state index contributed by atoms with van der Waals surface area (Å²) in [5.41, 5.74) is 8.33. The van der Waals surface area contributed by atoms with Gasteiger partial charge in [0.15, 0.2) is 34.6 Å². The maximum Gasteiger partial charge on any atom is 0.249 e. The molecule has 348 valence electrons. The van der Waals surface area contributed by atoms with Crippen LogP contribution in [0.1, 0.15) is 71.0 Å². The fourth-order valence-corrected chi connectivity index (χ4v) is 9.45. The standard InChI is InChI=1S/C45H54F2N14O5/c1-45(2,3)61-43-36(41(48)51-24-52-43)37(55-61)38-35(40(66-56-38)26-4-5-26)42-49-18-28(19-50-42)65-29-21-60(22-29)34(63)23-57-10-8-25(9-11-57)20-58-12-14-59(15-13-58)39-30(46)16-27(17-31(39)47)53-32-6-7-33(62)54-44(32)64/h16-19,24-26,29,32,53H,4-15,20-23H2,1-3H3,(H2,48,51,52)(H,54,62,64). The number of halogens is 2. The Morgan fingerprint density at radius 1 is 0.924 bits per heavy atom. The third-order valence-corrected chi connectivity index (χ3v) is 13.2. The van der Waals surface area contributed by atoms with E-state index < -0.39 is 29.1 Å². The first-order chi connectivity index (χ1) is 31.7. The molecule has 1 aromatic carbocycles. The Hall–Kier alpha value is -6.35. The summed E-state index contributed by atoms with van der Waals surface area (Å²) in [6.45, 7) is 12.3. The molecule has 19 nitrogen and oxygen atoms in total. The van der Waals surface area contributed by atoms with Gasteiger partial charge in [-0.15, -0.1) is 0 Å². The van der Waals surface area contributed by atoms with Crippen molar-refractivity contribution in [2.45, 2.75) is 82.9 Å². The van der Waals surface area contributed by atoms with Crippen molar-refractivity contribution < 1.29 is 32.4 Å². The normalized spacial score (nSPS) is 20.5. The minimum absolute atomic E-state index is 0.0658. The van der Waals surface area contributed by atoms with Gasteiger partial charge in [-0.3, -0.25) is 29.5 Å². The predicted molar refractivity (Wildman–Crippen MR) is 238 cm³/mol. The summed E-state index contributed by atoms with van der Waals surface area (Å²) in [6.07, 6.45) is 8.85. The number of nitrogens with one attached hydrogen (secondary N) is 2. The Kier molecular flexibility index (Phi) is 11.5. The number of likely N-dealkylation sites (tertiary alicyclic amines) is 2. The molecule has 0 spiro atoms. The monoisotopic (exact) mass is 908 g/mol. The maximum absolute atomic E-state index is 15.2. The number of imide groups is 1. The number of benzene rings is 1. The van der Waals surface area contributed by atoms with Crippen molar-refractivity contribution in [3.05, 3.63) is 48.2 Å². The van der Waals surface area contributed by atoms with E-state index in [1.807, 2.05) is 30.4 Å². The number of piperazine rings is 1. The lowest BCUT2D eigenvalue weighted by molar-refractivity contribution is -0.141. The van der Waals surface area contributed by atoms with Crippen LogP contribution < -0.4 is 26.0 Å². The van der Waals surface area contributed by atoms with Gasteiger partial charge in [0.05, 0.1) is 48.5 Å². The smallest absolute Gasteiger partial charge is 0.249 e. The van der Waals surface area contributed by atoms with Crippen LogP contribution in [0.3, 0.4) is 0 Å². The summed E-state index contributed by atoms with van der Waals surface area (Å²) in [5.74, 6) is 0.455. The number of carbonyl (C=O) groups excluding carboxylic acids is 3. The van der Waals surface area contributed by atoms with E-state index in [1.54, 1.807) is 17.3 Å². The number of amides is 3. The average Bonchev–Trinajstić information content (AvgIpc) is 3.88. The zero-order valence-corrected chi connectivity index (χ0v) is 37.3. The molecule has 1 aliphatic carbocycles. The highest BCUT2D eigenvalue weighted by atomic mass is 19.1. The maximum atomic E-state index is 15.2. The van der Waals surface area contributed by atoms with Gasteiger partial charge < -0.3 is 30.1 Å². The molecule has 1 atom stereocenters. The van der Waals surface area contributed by atoms with Crippen LogP contribution in [-0.2, 0) is 19.9 Å². The lowest BCUT2D eigenvalue weighted by Gasteiger charge is -2.41. The minimum atomic E-state index is -0.729. The van der Waals surface area contributed by atoms with Gasteiger partial charge in [-0.25, -0.2) is 33.4 Å². The van der Waals surface area contributed by atoms with Crippen molar-refractivity contribution in [2.75, 3.05) is 81.4 Å². The average molecular weight is 909 g/mol. The number of nitrogens with two attached hydrogens (primary N) is 1. The van der Waals surface area contributed by atoms with Crippen LogP contribution in [-0.4, -0.2) is 145 Å². The predicted octanol–water partition coefficient (Wildman–Crippen LogP) is 3.77. The highest BCUT2D eigenvalue weighted by Crippen LogP contribution is 2.48. The SMILES string of the molecule is CC(C)(C)n1nc(-c2noc(C3CC3)c2-c2ncc(OC3CN(C(=O)CN4CCC(CN5CCN(c6c(F)cc(NC7CCC(=O)NC7=O)cc6F)CC5)CC4)C3)cn2)c2c(N)ncnc21. The van der Waals surface area contributed by atoms with Crippen LogP contribution in [0.5, 0.6) is 5.75 Å². The molecule has 1 unspecified atom stereocenters. The number of piperidine rings is 2. The number of hydrogen-bond donors (Lipinski definition) is 3. The lowest BCUT2D eigenvalue weighted by Crippen LogP contribution is -2.58. The van der Waals surface area contributed by atoms with Crippen molar-refractivity contribution in [2.24, 2.45) is 5.92 Å². The van der Waals surface area contributed by atoms with Gasteiger partial charge in [-0.1, -0.05) is 5.16 Å². The van der Waals surface area contributed by atoms with Crippen molar-refractivity contribution in [1.29, 1.82) is 0 Å². The Labute approximate surface area is 379 Å². The Balaban J connectivity index is 0.674. The molecule has 66 heavy (non-hydrogen) atoms. The van der Waals surface area contributed by atoms with E-state index in [4.69, 9.17) is 30.1 Å². The second-order valence-electron chi connectivity index (χ2n) is 19.2. The molecule has 0 bridgehead atoms. The second kappa shape index (κ2) is 17.5. The zero-order chi connectivity index (χ0) is 45.9. The summed E-state index contributed by atoms with van der Waals surface area (Å²) in [5, 5.41) is 15.1. The topological polar surface area (TPSA) is 219 Å². The zero-order valence-electron chi connectivity index (χ0n) is 37.3. The lowest BCUT2D eigenvalue weighted by atomic mass is 9.95. The molecule has 5 aromatic rings. The van der Waals surface area contributed by atoms with E-state index in [1.165, 1.54) is 18.5 Å². The third kappa shape index (κ3) is 8.84. The summed E-state index contributed by atoms with van der Waals surface area (Å²) < 4.78 is 44.4. The van der Waals surface area contributed by atoms with Gasteiger partial charge in [-0.05, 0) is 84.0 Å². The second-order valence-corrected chi connectivity index (χ2v) is 19.2. The Morgan fingerprint density at radius 3 is 2.30 bits per heavy atom. The largest absolute Gasteiger partial charge is 0.483 e. The molecule has 4 saturated heterocycles. The van der Waals surface area contributed by atoms with Crippen LogP contribution in [0.4, 0.5) is 26.0 Å². The number of anilines is 3. The number of fused-ring (bicyclic) bond motifs is 1. The van der Waals surface area contributed by atoms with Crippen LogP contribution in [0.15, 0.2) is 35.4 Å². The molecule has 0 radical (unpaired) electrons. The minimum Gasteiger partial charge on any atom is -0.483 e. The summed E-state index contributed by atoms with van der Waals surface area (Å²) in [7, 11) is 0. The first kappa shape index (κ1) is 43.5. The van der Waals surface area contributed by atoms with Crippen LogP contribution >= 0.6 is 0 Å². The van der Waals surface area contributed by atoms with Crippen molar-refractivity contribution in [1.82, 2.24) is 54.9 Å². The first-order valence-electron chi connectivity index (χ1n) is 22.8. The molecule has 5 fully saturated rings. The van der Waals surface area contributed by atoms with Gasteiger partial charge in [0.2, 0.25) is 17.7 Å². The molecule has 10 rings (SSSR count). The quantitative estimate of drug-likeness (QED) is 0.152. The van der Waals surface area contributed by atoms with Gasteiger partial charge in [0, 0.05) is 50.7 Å². The molecule has 1 saturated carbocycles. The van der Waals surface area contributed by atoms with E-state index >= 15 is 8.78 Å². The number of rotatable bonds is 12.